The van der Waals surface area contributed by atoms with Gasteiger partial charge in [-0.1, -0.05) is 24.6 Å². The Morgan fingerprint density at radius 3 is 2.89 bits per heavy atom. The van der Waals surface area contributed by atoms with E-state index in [1.807, 2.05) is 30.0 Å². The zero-order valence-electron chi connectivity index (χ0n) is 10.5. The maximum absolute atomic E-state index is 6.01. The Morgan fingerprint density at radius 1 is 1.42 bits per heavy atom. The predicted molar refractivity (Wildman–Crippen MR) is 90.6 cm³/mol. The van der Waals surface area contributed by atoms with Crippen molar-refractivity contribution in [2.75, 3.05) is 12.3 Å². The van der Waals surface area contributed by atoms with Gasteiger partial charge in [0.1, 0.15) is 0 Å². The summed E-state index contributed by atoms with van der Waals surface area (Å²) in [6.07, 6.45) is 0. The lowest BCUT2D eigenvalue weighted by molar-refractivity contribution is 0.606. The molecule has 19 heavy (non-hydrogen) atoms. The van der Waals surface area contributed by atoms with Crippen LogP contribution in [0.25, 0.3) is 0 Å². The van der Waals surface area contributed by atoms with Crippen molar-refractivity contribution >= 4 is 50.6 Å². The normalized spacial score (nSPS) is 12.6. The minimum Gasteiger partial charge on any atom is -0.309 e. The number of benzene rings is 1. The Morgan fingerprint density at radius 2 is 2.26 bits per heavy atom. The van der Waals surface area contributed by atoms with Gasteiger partial charge in [0.05, 0.1) is 0 Å². The average Bonchev–Trinajstić information content (AvgIpc) is 2.81. The predicted octanol–water partition coefficient (Wildman–Crippen LogP) is 5.61. The lowest BCUT2D eigenvalue weighted by Crippen LogP contribution is -2.22. The van der Waals surface area contributed by atoms with Gasteiger partial charge in [-0.15, -0.1) is 11.8 Å². The third-order valence-corrected chi connectivity index (χ3v) is 5.75. The zero-order chi connectivity index (χ0) is 13.7. The highest BCUT2D eigenvalue weighted by Gasteiger charge is 2.14. The summed E-state index contributed by atoms with van der Waals surface area (Å²) >= 11 is 13.2. The van der Waals surface area contributed by atoms with E-state index in [1.54, 1.807) is 11.3 Å². The molecule has 1 N–H and O–H groups in total. The summed E-state index contributed by atoms with van der Waals surface area (Å²) < 4.78 is 1.19. The standard InChI is InChI=1S/C14H15BrClNS2/c1-2-17-14(12-7-18-8-13(12)15)9-19-11-5-3-4-10(16)6-11/h3-8,14,17H,2,9H2,1H3. The molecule has 1 nitrogen and oxygen atoms in total. The van der Waals surface area contributed by atoms with Crippen molar-refractivity contribution in [3.8, 4) is 0 Å². The first-order valence-electron chi connectivity index (χ1n) is 6.04. The highest BCUT2D eigenvalue weighted by atomic mass is 79.9. The number of hydrogen-bond acceptors (Lipinski definition) is 3. The smallest absolute Gasteiger partial charge is 0.0434 e. The third kappa shape index (κ3) is 4.50. The quantitative estimate of drug-likeness (QED) is 0.658. The highest BCUT2D eigenvalue weighted by molar-refractivity contribution is 9.10. The molecule has 0 aliphatic heterocycles. The fourth-order valence-corrected chi connectivity index (χ4v) is 4.71. The van der Waals surface area contributed by atoms with Crippen molar-refractivity contribution in [3.63, 3.8) is 0 Å². The summed E-state index contributed by atoms with van der Waals surface area (Å²) in [5, 5.41) is 8.66. The highest BCUT2D eigenvalue weighted by Crippen LogP contribution is 2.32. The van der Waals surface area contributed by atoms with Crippen LogP contribution in [0.15, 0.2) is 44.4 Å². The van der Waals surface area contributed by atoms with Gasteiger partial charge >= 0.3 is 0 Å². The molecular weight excluding hydrogens is 362 g/mol. The Balaban J connectivity index is 2.04. The second-order valence-electron chi connectivity index (χ2n) is 4.05. The molecule has 1 atom stereocenters. The average molecular weight is 377 g/mol. The van der Waals surface area contributed by atoms with Crippen molar-refractivity contribution < 1.29 is 0 Å². The number of hydrogen-bond donors (Lipinski definition) is 1. The summed E-state index contributed by atoms with van der Waals surface area (Å²) in [5.41, 5.74) is 1.33. The van der Waals surface area contributed by atoms with E-state index in [1.165, 1.54) is 14.9 Å². The molecule has 1 unspecified atom stereocenters. The lowest BCUT2D eigenvalue weighted by atomic mass is 10.2. The molecule has 1 heterocycles. The maximum Gasteiger partial charge on any atom is 0.0434 e. The van der Waals surface area contributed by atoms with Crippen LogP contribution >= 0.6 is 50.6 Å². The van der Waals surface area contributed by atoms with Gasteiger partial charge in [-0.25, -0.2) is 0 Å². The van der Waals surface area contributed by atoms with E-state index in [2.05, 4.69) is 45.0 Å². The van der Waals surface area contributed by atoms with E-state index in [0.717, 1.165) is 17.3 Å². The van der Waals surface area contributed by atoms with E-state index in [9.17, 15) is 0 Å². The number of rotatable bonds is 6. The van der Waals surface area contributed by atoms with Gasteiger partial charge in [0.2, 0.25) is 0 Å². The van der Waals surface area contributed by atoms with Crippen LogP contribution in [-0.4, -0.2) is 12.3 Å². The molecule has 0 bridgehead atoms. The molecule has 102 valence electrons. The Labute approximate surface area is 135 Å². The first-order valence-corrected chi connectivity index (χ1v) is 9.14. The van der Waals surface area contributed by atoms with Crippen LogP contribution in [-0.2, 0) is 0 Å². The van der Waals surface area contributed by atoms with Crippen LogP contribution in [0.5, 0.6) is 0 Å². The molecule has 0 spiro atoms. The van der Waals surface area contributed by atoms with Crippen molar-refractivity contribution in [2.45, 2.75) is 17.9 Å². The van der Waals surface area contributed by atoms with Gasteiger partial charge in [0.15, 0.2) is 0 Å². The Kier molecular flexibility index (Phi) is 6.23. The Hall–Kier alpha value is -0.000000000000000111. The molecule has 0 saturated carbocycles. The maximum atomic E-state index is 6.01. The summed E-state index contributed by atoms with van der Waals surface area (Å²) in [5.74, 6) is 0.990. The monoisotopic (exact) mass is 375 g/mol. The van der Waals surface area contributed by atoms with Crippen LogP contribution in [0.4, 0.5) is 0 Å². The minimum absolute atomic E-state index is 0.356. The van der Waals surface area contributed by atoms with Gasteiger partial charge in [-0.3, -0.25) is 0 Å². The van der Waals surface area contributed by atoms with Gasteiger partial charge in [0.25, 0.3) is 0 Å². The molecule has 0 amide bonds. The van der Waals surface area contributed by atoms with Crippen molar-refractivity contribution in [3.05, 3.63) is 50.1 Å². The summed E-state index contributed by atoms with van der Waals surface area (Å²) in [4.78, 5) is 1.21. The molecule has 0 saturated heterocycles. The second-order valence-corrected chi connectivity index (χ2v) is 7.18. The molecule has 5 heteroatoms. The first-order chi connectivity index (χ1) is 9.20. The molecule has 2 rings (SSSR count). The summed E-state index contributed by atoms with van der Waals surface area (Å²) in [7, 11) is 0. The van der Waals surface area contributed by atoms with Gasteiger partial charge in [-0.05, 0) is 51.6 Å². The second kappa shape index (κ2) is 7.70. The molecule has 0 radical (unpaired) electrons. The molecule has 2 aromatic rings. The number of thiophene rings is 1. The van der Waals surface area contributed by atoms with Crippen LogP contribution in [0.1, 0.15) is 18.5 Å². The number of halogens is 2. The van der Waals surface area contributed by atoms with Gasteiger partial charge < -0.3 is 5.32 Å². The SMILES string of the molecule is CCNC(CSc1cccc(Cl)c1)c1cscc1Br. The molecule has 0 aliphatic rings. The number of nitrogens with one attached hydrogen (secondary N) is 1. The van der Waals surface area contributed by atoms with Gasteiger partial charge in [-0.2, -0.15) is 11.3 Å². The van der Waals surface area contributed by atoms with Crippen molar-refractivity contribution in [1.82, 2.24) is 5.32 Å². The Bertz CT molecular complexity index is 530. The third-order valence-electron chi connectivity index (χ3n) is 2.68. The van der Waals surface area contributed by atoms with E-state index >= 15 is 0 Å². The van der Waals surface area contributed by atoms with E-state index in [-0.39, 0.29) is 0 Å². The van der Waals surface area contributed by atoms with Crippen LogP contribution in [0.2, 0.25) is 5.02 Å². The van der Waals surface area contributed by atoms with Crippen LogP contribution in [0, 0.1) is 0 Å². The largest absolute Gasteiger partial charge is 0.309 e. The minimum atomic E-state index is 0.356. The summed E-state index contributed by atoms with van der Waals surface area (Å²) in [6, 6.07) is 8.37. The molecule has 0 aliphatic carbocycles. The van der Waals surface area contributed by atoms with Crippen molar-refractivity contribution in [1.29, 1.82) is 0 Å². The van der Waals surface area contributed by atoms with E-state index in [4.69, 9.17) is 11.6 Å². The molecule has 1 aromatic carbocycles. The molecular formula is C14H15BrClNS2. The lowest BCUT2D eigenvalue weighted by Gasteiger charge is -2.17. The molecule has 1 aromatic heterocycles. The van der Waals surface area contributed by atoms with E-state index in [0.29, 0.717) is 6.04 Å². The van der Waals surface area contributed by atoms with Crippen molar-refractivity contribution in [2.24, 2.45) is 0 Å². The fourth-order valence-electron chi connectivity index (χ4n) is 1.78. The topological polar surface area (TPSA) is 12.0 Å². The van der Waals surface area contributed by atoms with Gasteiger partial charge in [0, 0.05) is 31.6 Å². The van der Waals surface area contributed by atoms with E-state index < -0.39 is 0 Å². The zero-order valence-corrected chi connectivity index (χ0v) is 14.5. The van der Waals surface area contributed by atoms with Crippen LogP contribution < -0.4 is 5.32 Å². The number of thioether (sulfide) groups is 1. The molecule has 0 fully saturated rings. The summed E-state index contributed by atoms with van der Waals surface area (Å²) in [6.45, 7) is 3.10. The van der Waals surface area contributed by atoms with Crippen LogP contribution in [0.3, 0.4) is 0 Å². The fraction of sp³-hybridized carbons (Fsp3) is 0.286. The first kappa shape index (κ1) is 15.4.